The van der Waals surface area contributed by atoms with Gasteiger partial charge in [0.15, 0.2) is 0 Å². The zero-order chi connectivity index (χ0) is 14.8. The van der Waals surface area contributed by atoms with Crippen molar-refractivity contribution in [3.63, 3.8) is 0 Å². The largest absolute Gasteiger partial charge is 0.336 e. The maximum atomic E-state index is 12.6. The van der Waals surface area contributed by atoms with Crippen LogP contribution < -0.4 is 5.32 Å². The zero-order valence-corrected chi connectivity index (χ0v) is 13.1. The van der Waals surface area contributed by atoms with Crippen molar-refractivity contribution in [3.8, 4) is 0 Å². The molecule has 0 radical (unpaired) electrons. The van der Waals surface area contributed by atoms with E-state index in [1.54, 1.807) is 0 Å². The predicted octanol–water partition coefficient (Wildman–Crippen LogP) is 1.85. The molecule has 21 heavy (non-hydrogen) atoms. The van der Waals surface area contributed by atoms with Gasteiger partial charge in [-0.3, -0.25) is 9.69 Å². The molecule has 1 aromatic rings. The van der Waals surface area contributed by atoms with Gasteiger partial charge in [0, 0.05) is 50.9 Å². The van der Waals surface area contributed by atoms with E-state index < -0.39 is 0 Å². The van der Waals surface area contributed by atoms with E-state index in [1.807, 2.05) is 11.0 Å². The number of amides is 1. The van der Waals surface area contributed by atoms with Gasteiger partial charge in [-0.05, 0) is 36.6 Å². The summed E-state index contributed by atoms with van der Waals surface area (Å²) in [6.07, 6.45) is 1.17. The average molecular weight is 287 g/mol. The average Bonchev–Trinajstić information content (AvgIpc) is 3.01. The van der Waals surface area contributed by atoms with Gasteiger partial charge in [-0.15, -0.1) is 0 Å². The molecule has 4 nitrogen and oxygen atoms in total. The Labute approximate surface area is 127 Å². The van der Waals surface area contributed by atoms with Crippen LogP contribution in [0.2, 0.25) is 0 Å². The van der Waals surface area contributed by atoms with Crippen molar-refractivity contribution in [1.29, 1.82) is 0 Å². The highest BCUT2D eigenvalue weighted by Gasteiger charge is 2.24. The van der Waals surface area contributed by atoms with Gasteiger partial charge >= 0.3 is 0 Å². The maximum Gasteiger partial charge on any atom is 0.253 e. The molecule has 2 aliphatic heterocycles. The first-order valence-electron chi connectivity index (χ1n) is 8.05. The van der Waals surface area contributed by atoms with E-state index in [9.17, 15) is 4.79 Å². The van der Waals surface area contributed by atoms with Crippen LogP contribution in [0.1, 0.15) is 41.8 Å². The molecule has 0 aromatic heterocycles. The lowest BCUT2D eigenvalue weighted by Gasteiger charge is -2.37. The number of nitrogens with one attached hydrogen (secondary N) is 1. The molecule has 2 heterocycles. The van der Waals surface area contributed by atoms with Crippen LogP contribution in [0.25, 0.3) is 0 Å². The van der Waals surface area contributed by atoms with Gasteiger partial charge in [-0.25, -0.2) is 0 Å². The second-order valence-electron chi connectivity index (χ2n) is 6.17. The van der Waals surface area contributed by atoms with Crippen LogP contribution in [0.5, 0.6) is 0 Å². The van der Waals surface area contributed by atoms with Crippen LogP contribution in [-0.2, 0) is 13.1 Å². The van der Waals surface area contributed by atoms with Crippen LogP contribution in [0.4, 0.5) is 0 Å². The van der Waals surface area contributed by atoms with Crippen molar-refractivity contribution in [2.45, 2.75) is 39.4 Å². The van der Waals surface area contributed by atoms with E-state index in [0.29, 0.717) is 6.04 Å². The first-order valence-corrected chi connectivity index (χ1v) is 8.05. The molecule has 1 fully saturated rings. The van der Waals surface area contributed by atoms with Crippen molar-refractivity contribution < 1.29 is 4.79 Å². The molecule has 1 aromatic carbocycles. The second-order valence-corrected chi connectivity index (χ2v) is 6.17. The Morgan fingerprint density at radius 3 is 2.62 bits per heavy atom. The SMILES string of the molecule is CCC(C)N1CCN(C(=O)c2ccc3c(c2)CNC3)CC1. The van der Waals surface area contributed by atoms with Crippen LogP contribution in [0.3, 0.4) is 0 Å². The summed E-state index contributed by atoms with van der Waals surface area (Å²) < 4.78 is 0. The van der Waals surface area contributed by atoms with E-state index in [1.165, 1.54) is 17.5 Å². The Morgan fingerprint density at radius 2 is 1.90 bits per heavy atom. The number of hydrogen-bond acceptors (Lipinski definition) is 3. The molecule has 1 saturated heterocycles. The summed E-state index contributed by atoms with van der Waals surface area (Å²) in [6.45, 7) is 9.99. The molecule has 0 aliphatic carbocycles. The number of benzene rings is 1. The molecular weight excluding hydrogens is 262 g/mol. The summed E-state index contributed by atoms with van der Waals surface area (Å²) in [4.78, 5) is 17.1. The highest BCUT2D eigenvalue weighted by atomic mass is 16.2. The Hall–Kier alpha value is -1.39. The van der Waals surface area contributed by atoms with Gasteiger partial charge in [0.05, 0.1) is 0 Å². The smallest absolute Gasteiger partial charge is 0.253 e. The maximum absolute atomic E-state index is 12.6. The van der Waals surface area contributed by atoms with Gasteiger partial charge in [-0.2, -0.15) is 0 Å². The van der Waals surface area contributed by atoms with Crippen LogP contribution >= 0.6 is 0 Å². The van der Waals surface area contributed by atoms with Gasteiger partial charge in [0.25, 0.3) is 5.91 Å². The zero-order valence-electron chi connectivity index (χ0n) is 13.1. The first kappa shape index (κ1) is 14.5. The standard InChI is InChI=1S/C17H25N3O/c1-3-13(2)19-6-8-20(9-7-19)17(21)14-4-5-15-11-18-12-16(15)10-14/h4-5,10,13,18H,3,6-9,11-12H2,1-2H3. The summed E-state index contributed by atoms with van der Waals surface area (Å²) >= 11 is 0. The molecule has 0 saturated carbocycles. The number of fused-ring (bicyclic) bond motifs is 1. The van der Waals surface area contributed by atoms with Gasteiger partial charge in [-0.1, -0.05) is 13.0 Å². The highest BCUT2D eigenvalue weighted by Crippen LogP contribution is 2.19. The third-order valence-corrected chi connectivity index (χ3v) is 4.90. The van der Waals surface area contributed by atoms with Crippen molar-refractivity contribution in [2.24, 2.45) is 0 Å². The molecule has 114 valence electrons. The Morgan fingerprint density at radius 1 is 1.19 bits per heavy atom. The second kappa shape index (κ2) is 6.16. The Kier molecular flexibility index (Phi) is 4.27. The third-order valence-electron chi connectivity index (χ3n) is 4.90. The minimum absolute atomic E-state index is 0.188. The molecular formula is C17H25N3O. The van der Waals surface area contributed by atoms with E-state index in [0.717, 1.165) is 44.8 Å². The van der Waals surface area contributed by atoms with Gasteiger partial charge in [0.2, 0.25) is 0 Å². The van der Waals surface area contributed by atoms with E-state index >= 15 is 0 Å². The number of piperazine rings is 1. The Bertz CT molecular complexity index is 521. The van der Waals surface area contributed by atoms with Crippen LogP contribution in [0.15, 0.2) is 18.2 Å². The topological polar surface area (TPSA) is 35.6 Å². The van der Waals surface area contributed by atoms with Gasteiger partial charge < -0.3 is 10.2 Å². The van der Waals surface area contributed by atoms with Crippen molar-refractivity contribution >= 4 is 5.91 Å². The molecule has 1 N–H and O–H groups in total. The molecule has 1 atom stereocenters. The lowest BCUT2D eigenvalue weighted by Crippen LogP contribution is -2.51. The normalized spacial score (nSPS) is 20.4. The quantitative estimate of drug-likeness (QED) is 0.921. The lowest BCUT2D eigenvalue weighted by atomic mass is 10.1. The molecule has 4 heteroatoms. The van der Waals surface area contributed by atoms with Crippen molar-refractivity contribution in [3.05, 3.63) is 34.9 Å². The molecule has 0 spiro atoms. The fraction of sp³-hybridized carbons (Fsp3) is 0.588. The minimum Gasteiger partial charge on any atom is -0.336 e. The monoisotopic (exact) mass is 287 g/mol. The molecule has 1 unspecified atom stereocenters. The highest BCUT2D eigenvalue weighted by molar-refractivity contribution is 5.94. The number of carbonyl (C=O) groups excluding carboxylic acids is 1. The number of nitrogens with zero attached hydrogens (tertiary/aromatic N) is 2. The summed E-state index contributed by atoms with van der Waals surface area (Å²) in [5.74, 6) is 0.188. The van der Waals surface area contributed by atoms with E-state index in [-0.39, 0.29) is 5.91 Å². The third kappa shape index (κ3) is 2.97. The van der Waals surface area contributed by atoms with Crippen LogP contribution in [0, 0.1) is 0 Å². The van der Waals surface area contributed by atoms with Crippen LogP contribution in [-0.4, -0.2) is 47.9 Å². The van der Waals surface area contributed by atoms with Crippen molar-refractivity contribution in [1.82, 2.24) is 15.1 Å². The summed E-state index contributed by atoms with van der Waals surface area (Å²) in [5, 5.41) is 3.33. The molecule has 0 bridgehead atoms. The van der Waals surface area contributed by atoms with Crippen molar-refractivity contribution in [2.75, 3.05) is 26.2 Å². The fourth-order valence-electron chi connectivity index (χ4n) is 3.23. The van der Waals surface area contributed by atoms with Gasteiger partial charge in [0.1, 0.15) is 0 Å². The number of hydrogen-bond donors (Lipinski definition) is 1. The predicted molar refractivity (Wildman–Crippen MR) is 84.2 cm³/mol. The number of carbonyl (C=O) groups is 1. The molecule has 3 rings (SSSR count). The summed E-state index contributed by atoms with van der Waals surface area (Å²) in [6, 6.07) is 6.76. The minimum atomic E-state index is 0.188. The summed E-state index contributed by atoms with van der Waals surface area (Å²) in [5.41, 5.74) is 3.45. The van der Waals surface area contributed by atoms with E-state index in [4.69, 9.17) is 0 Å². The molecule has 1 amide bonds. The molecule has 2 aliphatic rings. The van der Waals surface area contributed by atoms with E-state index in [2.05, 4.69) is 36.2 Å². The fourth-order valence-corrected chi connectivity index (χ4v) is 3.23. The number of rotatable bonds is 3. The Balaban J connectivity index is 1.64. The summed E-state index contributed by atoms with van der Waals surface area (Å²) in [7, 11) is 0. The first-order chi connectivity index (χ1) is 10.2. The lowest BCUT2D eigenvalue weighted by molar-refractivity contribution is 0.0579.